The van der Waals surface area contributed by atoms with Crippen LogP contribution in [0.15, 0.2) is 0 Å². The maximum Gasteiger partial charge on any atom is 0.225 e. The fraction of sp³-hybridized carbons (Fsp3) is 0.875. The second-order valence-electron chi connectivity index (χ2n) is 7.03. The lowest BCUT2D eigenvalue weighted by Gasteiger charge is -2.35. The molecule has 0 aromatic rings. The summed E-state index contributed by atoms with van der Waals surface area (Å²) >= 11 is 0. The molecule has 2 N–H and O–H groups in total. The number of hydrogen-bond acceptors (Lipinski definition) is 3. The van der Waals surface area contributed by atoms with Crippen molar-refractivity contribution in [3.8, 4) is 0 Å². The molecule has 0 spiro atoms. The Balaban J connectivity index is 1.57. The standard InChI is InChI=1S/C16H26N2O3/c19-11-16(7-1-2-8-16)17-14(20)13-4-3-9-18(10-13)15(21)12-5-6-12/h12-13,19H,1-11H2,(H,17,20). The first-order valence-corrected chi connectivity index (χ1v) is 8.35. The van der Waals surface area contributed by atoms with Gasteiger partial charge in [-0.2, -0.15) is 0 Å². The van der Waals surface area contributed by atoms with Crippen LogP contribution in [0.4, 0.5) is 0 Å². The molecular weight excluding hydrogens is 268 g/mol. The summed E-state index contributed by atoms with van der Waals surface area (Å²) in [7, 11) is 0. The minimum atomic E-state index is -0.403. The van der Waals surface area contributed by atoms with Gasteiger partial charge in [-0.1, -0.05) is 12.8 Å². The molecule has 118 valence electrons. The summed E-state index contributed by atoms with van der Waals surface area (Å²) in [5.41, 5.74) is -0.403. The SMILES string of the molecule is O=C(NC1(CO)CCCC1)C1CCCN(C(=O)C2CC2)C1. The van der Waals surface area contributed by atoms with E-state index < -0.39 is 5.54 Å². The van der Waals surface area contributed by atoms with Crippen LogP contribution in [0.2, 0.25) is 0 Å². The van der Waals surface area contributed by atoms with E-state index in [1.165, 1.54) is 0 Å². The zero-order valence-corrected chi connectivity index (χ0v) is 12.6. The number of aliphatic hydroxyl groups is 1. The van der Waals surface area contributed by atoms with E-state index in [1.807, 2.05) is 4.90 Å². The Morgan fingerprint density at radius 2 is 1.81 bits per heavy atom. The molecule has 0 radical (unpaired) electrons. The number of carbonyl (C=O) groups excluding carboxylic acids is 2. The average molecular weight is 294 g/mol. The number of carbonyl (C=O) groups is 2. The van der Waals surface area contributed by atoms with E-state index in [2.05, 4.69) is 5.32 Å². The Morgan fingerprint density at radius 3 is 2.43 bits per heavy atom. The maximum atomic E-state index is 12.5. The molecule has 2 saturated carbocycles. The summed E-state index contributed by atoms with van der Waals surface area (Å²) in [4.78, 5) is 26.5. The minimum Gasteiger partial charge on any atom is -0.394 e. The number of hydrogen-bond donors (Lipinski definition) is 2. The van der Waals surface area contributed by atoms with E-state index in [4.69, 9.17) is 0 Å². The van der Waals surface area contributed by atoms with Crippen molar-refractivity contribution in [3.05, 3.63) is 0 Å². The lowest BCUT2D eigenvalue weighted by molar-refractivity contribution is -0.137. The van der Waals surface area contributed by atoms with Gasteiger partial charge in [-0.05, 0) is 38.5 Å². The zero-order chi connectivity index (χ0) is 14.9. The molecule has 21 heavy (non-hydrogen) atoms. The normalized spacial score (nSPS) is 28.4. The van der Waals surface area contributed by atoms with Crippen LogP contribution in [0.25, 0.3) is 0 Å². The number of rotatable bonds is 4. The number of amides is 2. The van der Waals surface area contributed by atoms with Gasteiger partial charge in [0.25, 0.3) is 0 Å². The Hall–Kier alpha value is -1.10. The van der Waals surface area contributed by atoms with Crippen molar-refractivity contribution in [1.82, 2.24) is 10.2 Å². The number of aliphatic hydroxyl groups excluding tert-OH is 1. The molecule has 1 heterocycles. The average Bonchev–Trinajstić information content (AvgIpc) is 3.27. The molecular formula is C16H26N2O3. The van der Waals surface area contributed by atoms with Crippen LogP contribution in [0.1, 0.15) is 51.4 Å². The van der Waals surface area contributed by atoms with Gasteiger partial charge < -0.3 is 15.3 Å². The molecule has 5 heteroatoms. The third-order valence-electron chi connectivity index (χ3n) is 5.28. The summed E-state index contributed by atoms with van der Waals surface area (Å²) in [5.74, 6) is 0.389. The van der Waals surface area contributed by atoms with Crippen molar-refractivity contribution in [2.75, 3.05) is 19.7 Å². The highest BCUT2D eigenvalue weighted by Crippen LogP contribution is 2.33. The van der Waals surface area contributed by atoms with E-state index in [0.717, 1.165) is 57.9 Å². The Labute approximate surface area is 126 Å². The molecule has 1 unspecified atom stereocenters. The fourth-order valence-electron chi connectivity index (χ4n) is 3.72. The second kappa shape index (κ2) is 5.95. The maximum absolute atomic E-state index is 12.5. The Morgan fingerprint density at radius 1 is 1.10 bits per heavy atom. The van der Waals surface area contributed by atoms with Crippen LogP contribution in [-0.4, -0.2) is 47.1 Å². The predicted octanol–water partition coefficient (Wildman–Crippen LogP) is 1.06. The van der Waals surface area contributed by atoms with Crippen LogP contribution in [0, 0.1) is 11.8 Å². The molecule has 0 aromatic carbocycles. The van der Waals surface area contributed by atoms with Crippen LogP contribution >= 0.6 is 0 Å². The van der Waals surface area contributed by atoms with E-state index >= 15 is 0 Å². The Bertz CT molecular complexity index is 414. The van der Waals surface area contributed by atoms with Crippen LogP contribution < -0.4 is 5.32 Å². The summed E-state index contributed by atoms with van der Waals surface area (Å²) in [6.07, 6.45) is 7.65. The molecule has 2 amide bonds. The van der Waals surface area contributed by atoms with Crippen molar-refractivity contribution in [2.24, 2.45) is 11.8 Å². The molecule has 3 fully saturated rings. The molecule has 0 bridgehead atoms. The van der Waals surface area contributed by atoms with Crippen molar-refractivity contribution < 1.29 is 14.7 Å². The number of likely N-dealkylation sites (tertiary alicyclic amines) is 1. The molecule has 1 aliphatic heterocycles. The molecule has 2 aliphatic carbocycles. The smallest absolute Gasteiger partial charge is 0.225 e. The largest absolute Gasteiger partial charge is 0.394 e. The first-order chi connectivity index (χ1) is 10.1. The molecule has 1 atom stereocenters. The topological polar surface area (TPSA) is 69.6 Å². The highest BCUT2D eigenvalue weighted by molar-refractivity contribution is 5.83. The number of piperidine rings is 1. The monoisotopic (exact) mass is 294 g/mol. The third-order valence-corrected chi connectivity index (χ3v) is 5.28. The van der Waals surface area contributed by atoms with Gasteiger partial charge in [0, 0.05) is 19.0 Å². The summed E-state index contributed by atoms with van der Waals surface area (Å²) in [6, 6.07) is 0. The van der Waals surface area contributed by atoms with Crippen molar-refractivity contribution in [3.63, 3.8) is 0 Å². The molecule has 0 aromatic heterocycles. The van der Waals surface area contributed by atoms with Gasteiger partial charge in [-0.15, -0.1) is 0 Å². The van der Waals surface area contributed by atoms with Gasteiger partial charge in [-0.25, -0.2) is 0 Å². The van der Waals surface area contributed by atoms with Crippen LogP contribution in [0.3, 0.4) is 0 Å². The van der Waals surface area contributed by atoms with Gasteiger partial charge in [-0.3, -0.25) is 9.59 Å². The number of nitrogens with zero attached hydrogens (tertiary/aromatic N) is 1. The lowest BCUT2D eigenvalue weighted by Crippen LogP contribution is -2.54. The van der Waals surface area contributed by atoms with Gasteiger partial charge in [0.15, 0.2) is 0 Å². The predicted molar refractivity (Wildman–Crippen MR) is 78.5 cm³/mol. The second-order valence-corrected chi connectivity index (χ2v) is 7.03. The Kier molecular flexibility index (Phi) is 4.20. The van der Waals surface area contributed by atoms with E-state index in [0.29, 0.717) is 6.54 Å². The van der Waals surface area contributed by atoms with Crippen LogP contribution in [-0.2, 0) is 9.59 Å². The van der Waals surface area contributed by atoms with E-state index in [-0.39, 0.29) is 30.3 Å². The van der Waals surface area contributed by atoms with Gasteiger partial charge >= 0.3 is 0 Å². The molecule has 1 saturated heterocycles. The summed E-state index contributed by atoms with van der Waals surface area (Å²) in [6.45, 7) is 1.38. The molecule has 3 aliphatic rings. The van der Waals surface area contributed by atoms with Crippen LogP contribution in [0.5, 0.6) is 0 Å². The number of nitrogens with one attached hydrogen (secondary N) is 1. The van der Waals surface area contributed by atoms with Gasteiger partial charge in [0.1, 0.15) is 0 Å². The third kappa shape index (κ3) is 3.23. The summed E-state index contributed by atoms with van der Waals surface area (Å²) in [5, 5.41) is 12.7. The van der Waals surface area contributed by atoms with Gasteiger partial charge in [0.2, 0.25) is 11.8 Å². The van der Waals surface area contributed by atoms with E-state index in [9.17, 15) is 14.7 Å². The first kappa shape index (κ1) is 14.8. The van der Waals surface area contributed by atoms with Crippen molar-refractivity contribution in [1.29, 1.82) is 0 Å². The van der Waals surface area contributed by atoms with Crippen molar-refractivity contribution in [2.45, 2.75) is 56.9 Å². The first-order valence-electron chi connectivity index (χ1n) is 8.35. The zero-order valence-electron chi connectivity index (χ0n) is 12.6. The lowest BCUT2D eigenvalue weighted by atomic mass is 9.93. The summed E-state index contributed by atoms with van der Waals surface area (Å²) < 4.78 is 0. The molecule has 3 rings (SSSR count). The minimum absolute atomic E-state index is 0.0240. The van der Waals surface area contributed by atoms with Crippen molar-refractivity contribution >= 4 is 11.8 Å². The fourth-order valence-corrected chi connectivity index (χ4v) is 3.72. The highest BCUT2D eigenvalue weighted by atomic mass is 16.3. The molecule has 5 nitrogen and oxygen atoms in total. The van der Waals surface area contributed by atoms with E-state index in [1.54, 1.807) is 0 Å². The highest BCUT2D eigenvalue weighted by Gasteiger charge is 2.39. The van der Waals surface area contributed by atoms with Gasteiger partial charge in [0.05, 0.1) is 18.1 Å². The quantitative estimate of drug-likeness (QED) is 0.814.